The van der Waals surface area contributed by atoms with Gasteiger partial charge < -0.3 is 29.2 Å². The minimum absolute atomic E-state index is 0.0205. The SMILES string of the molecule is Cn1c(-c2cc3cccc(OCCBr)c3n2CC2CC2)nc2cc3c(cc21)CCN(C[C@@H](CF)NC(=O)O)C3=O. The molecule has 2 aromatic carbocycles. The fourth-order valence-electron chi connectivity index (χ4n) is 5.68. The second kappa shape index (κ2) is 10.8. The minimum Gasteiger partial charge on any atom is -0.491 e. The number of hydrogen-bond donors (Lipinski definition) is 2. The summed E-state index contributed by atoms with van der Waals surface area (Å²) in [6.07, 6.45) is 1.71. The van der Waals surface area contributed by atoms with Gasteiger partial charge in [-0.2, -0.15) is 0 Å². The summed E-state index contributed by atoms with van der Waals surface area (Å²) in [7, 11) is 2.00. The number of aromatic nitrogens is 3. The predicted molar refractivity (Wildman–Crippen MR) is 154 cm³/mol. The molecule has 2 N–H and O–H groups in total. The van der Waals surface area contributed by atoms with Crippen LogP contribution in [0.4, 0.5) is 9.18 Å². The lowest BCUT2D eigenvalue weighted by Crippen LogP contribution is -2.48. The van der Waals surface area contributed by atoms with Crippen LogP contribution in [0.15, 0.2) is 36.4 Å². The van der Waals surface area contributed by atoms with E-state index in [0.717, 1.165) is 51.1 Å². The number of alkyl halides is 2. The van der Waals surface area contributed by atoms with E-state index in [4.69, 9.17) is 14.8 Å². The predicted octanol–water partition coefficient (Wildman–Crippen LogP) is 4.98. The molecule has 3 heterocycles. The van der Waals surface area contributed by atoms with Crippen LogP contribution in [-0.4, -0.2) is 73.9 Å². The van der Waals surface area contributed by atoms with Crippen molar-refractivity contribution >= 4 is 49.9 Å². The van der Waals surface area contributed by atoms with E-state index >= 15 is 0 Å². The number of nitrogens with zero attached hydrogens (tertiary/aromatic N) is 4. The van der Waals surface area contributed by atoms with Gasteiger partial charge >= 0.3 is 6.09 Å². The molecule has 2 aliphatic rings. The van der Waals surface area contributed by atoms with Crippen molar-refractivity contribution in [1.29, 1.82) is 0 Å². The second-order valence-corrected chi connectivity index (χ2v) is 11.4. The number of fused-ring (bicyclic) bond motifs is 3. The Labute approximate surface area is 239 Å². The molecule has 1 fully saturated rings. The van der Waals surface area contributed by atoms with Gasteiger partial charge in [-0.3, -0.25) is 4.79 Å². The molecular weight excluding hydrogens is 581 g/mol. The number of hydrogen-bond acceptors (Lipinski definition) is 4. The topological polar surface area (TPSA) is 102 Å². The molecule has 2 amide bonds. The number of para-hydroxylation sites is 1. The third kappa shape index (κ3) is 4.91. The highest BCUT2D eigenvalue weighted by atomic mass is 79.9. The average molecular weight is 613 g/mol. The normalized spacial score (nSPS) is 16.0. The Morgan fingerprint density at radius 2 is 2.12 bits per heavy atom. The van der Waals surface area contributed by atoms with Gasteiger partial charge in [0.25, 0.3) is 5.91 Å². The lowest BCUT2D eigenvalue weighted by molar-refractivity contribution is 0.0714. The first-order valence-electron chi connectivity index (χ1n) is 13.5. The Balaban J connectivity index is 1.40. The summed E-state index contributed by atoms with van der Waals surface area (Å²) >= 11 is 3.46. The Bertz CT molecular complexity index is 1610. The second-order valence-electron chi connectivity index (χ2n) is 10.6. The molecule has 4 aromatic rings. The van der Waals surface area contributed by atoms with E-state index in [1.165, 1.54) is 17.7 Å². The van der Waals surface area contributed by atoms with Crippen LogP contribution in [-0.2, 0) is 20.0 Å². The quantitative estimate of drug-likeness (QED) is 0.246. The first-order chi connectivity index (χ1) is 19.4. The molecule has 40 heavy (non-hydrogen) atoms. The summed E-state index contributed by atoms with van der Waals surface area (Å²) in [6.45, 7) is 0.953. The maximum absolute atomic E-state index is 13.4. The van der Waals surface area contributed by atoms with Gasteiger partial charge in [-0.25, -0.2) is 14.2 Å². The summed E-state index contributed by atoms with van der Waals surface area (Å²) in [5, 5.41) is 13.0. The molecule has 6 rings (SSSR count). The van der Waals surface area contributed by atoms with E-state index in [0.29, 0.717) is 36.6 Å². The van der Waals surface area contributed by atoms with Crippen molar-refractivity contribution < 1.29 is 23.8 Å². The van der Waals surface area contributed by atoms with Crippen molar-refractivity contribution in [3.8, 4) is 17.3 Å². The highest BCUT2D eigenvalue weighted by Gasteiger charge is 2.30. The molecule has 0 radical (unpaired) electrons. The van der Waals surface area contributed by atoms with E-state index in [-0.39, 0.29) is 12.5 Å². The molecule has 1 saturated carbocycles. The van der Waals surface area contributed by atoms with Gasteiger partial charge in [0.15, 0.2) is 5.82 Å². The molecule has 1 atom stereocenters. The average Bonchev–Trinajstić information content (AvgIpc) is 3.61. The van der Waals surface area contributed by atoms with Crippen LogP contribution >= 0.6 is 15.9 Å². The summed E-state index contributed by atoms with van der Waals surface area (Å²) in [6, 6.07) is 11.2. The summed E-state index contributed by atoms with van der Waals surface area (Å²) in [5.41, 5.74) is 5.15. The maximum Gasteiger partial charge on any atom is 0.405 e. The number of benzene rings is 2. The van der Waals surface area contributed by atoms with Gasteiger partial charge in [-0.15, -0.1) is 0 Å². The number of ether oxygens (including phenoxy) is 1. The van der Waals surface area contributed by atoms with Crippen LogP contribution < -0.4 is 10.1 Å². The van der Waals surface area contributed by atoms with Gasteiger partial charge in [0.1, 0.15) is 12.4 Å². The standard InChI is InChI=1S/C29H31BrFN5O4/c1-34-23-11-18-7-9-35(16-20(14-31)32-29(38)39)28(37)21(18)13-22(23)33-27(34)24-12-19-3-2-4-25(40-10-8-30)26(19)36(24)15-17-5-6-17/h2-4,11-13,17,20,32H,5-10,14-16H2,1H3,(H,38,39)/t20-/m1/s1. The van der Waals surface area contributed by atoms with Crippen molar-refractivity contribution in [3.05, 3.63) is 47.5 Å². The van der Waals surface area contributed by atoms with Crippen LogP contribution in [0, 0.1) is 5.92 Å². The van der Waals surface area contributed by atoms with Gasteiger partial charge in [0.05, 0.1) is 34.9 Å². The smallest absolute Gasteiger partial charge is 0.405 e. The molecule has 1 aliphatic carbocycles. The van der Waals surface area contributed by atoms with Crippen LogP contribution in [0.25, 0.3) is 33.5 Å². The maximum atomic E-state index is 13.4. The Morgan fingerprint density at radius 3 is 2.85 bits per heavy atom. The summed E-state index contributed by atoms with van der Waals surface area (Å²) in [5.74, 6) is 2.06. The zero-order valence-corrected chi connectivity index (χ0v) is 23.8. The molecule has 210 valence electrons. The molecule has 2 aromatic heterocycles. The summed E-state index contributed by atoms with van der Waals surface area (Å²) < 4.78 is 23.9. The number of carbonyl (C=O) groups is 2. The first kappa shape index (κ1) is 26.6. The molecule has 0 saturated heterocycles. The van der Waals surface area contributed by atoms with E-state index in [1.54, 1.807) is 0 Å². The molecule has 9 nitrogen and oxygen atoms in total. The minimum atomic E-state index is -1.31. The fraction of sp³-hybridized carbons (Fsp3) is 0.414. The number of amides is 2. The molecular formula is C29H31BrFN5O4. The zero-order valence-electron chi connectivity index (χ0n) is 22.2. The van der Waals surface area contributed by atoms with E-state index < -0.39 is 18.8 Å². The third-order valence-corrected chi connectivity index (χ3v) is 8.14. The molecule has 11 heteroatoms. The van der Waals surface area contributed by atoms with Gasteiger partial charge in [0.2, 0.25) is 0 Å². The van der Waals surface area contributed by atoms with Crippen molar-refractivity contribution in [1.82, 2.24) is 24.3 Å². The third-order valence-electron chi connectivity index (χ3n) is 7.81. The van der Waals surface area contributed by atoms with Crippen LogP contribution in [0.1, 0.15) is 28.8 Å². The van der Waals surface area contributed by atoms with Crippen molar-refractivity contribution in [3.63, 3.8) is 0 Å². The number of halogens is 2. The number of aryl methyl sites for hydroxylation is 1. The van der Waals surface area contributed by atoms with E-state index in [2.05, 4.69) is 42.5 Å². The van der Waals surface area contributed by atoms with Gasteiger partial charge in [0, 0.05) is 43.0 Å². The number of nitrogens with one attached hydrogen (secondary N) is 1. The van der Waals surface area contributed by atoms with E-state index in [1.807, 2.05) is 31.3 Å². The largest absolute Gasteiger partial charge is 0.491 e. The highest BCUT2D eigenvalue weighted by molar-refractivity contribution is 9.09. The first-order valence-corrected chi connectivity index (χ1v) is 14.7. The van der Waals surface area contributed by atoms with Crippen molar-refractivity contribution in [2.75, 3.05) is 31.7 Å². The van der Waals surface area contributed by atoms with Crippen LogP contribution in [0.5, 0.6) is 5.75 Å². The Hall–Kier alpha value is -3.60. The van der Waals surface area contributed by atoms with Crippen molar-refractivity contribution in [2.24, 2.45) is 13.0 Å². The van der Waals surface area contributed by atoms with Gasteiger partial charge in [-0.1, -0.05) is 28.1 Å². The summed E-state index contributed by atoms with van der Waals surface area (Å²) in [4.78, 5) is 30.9. The lowest BCUT2D eigenvalue weighted by atomic mass is 9.97. The van der Waals surface area contributed by atoms with Crippen molar-refractivity contribution in [2.45, 2.75) is 31.8 Å². The monoisotopic (exact) mass is 611 g/mol. The zero-order chi connectivity index (χ0) is 28.0. The van der Waals surface area contributed by atoms with E-state index in [9.17, 15) is 14.0 Å². The fourth-order valence-corrected chi connectivity index (χ4v) is 5.84. The number of carbonyl (C=O) groups excluding carboxylic acids is 1. The molecule has 1 aliphatic heterocycles. The number of carboxylic acid groups (broad SMARTS) is 1. The number of rotatable bonds is 10. The Morgan fingerprint density at radius 1 is 1.30 bits per heavy atom. The number of imidazole rings is 1. The van der Waals surface area contributed by atoms with Crippen LogP contribution in [0.2, 0.25) is 0 Å². The van der Waals surface area contributed by atoms with Crippen LogP contribution in [0.3, 0.4) is 0 Å². The highest BCUT2D eigenvalue weighted by Crippen LogP contribution is 2.39. The Kier molecular flexibility index (Phi) is 7.16. The van der Waals surface area contributed by atoms with Gasteiger partial charge in [-0.05, 0) is 55.0 Å². The molecule has 0 spiro atoms. The lowest BCUT2D eigenvalue weighted by Gasteiger charge is -2.31. The molecule has 0 unspecified atom stereocenters. The molecule has 0 bridgehead atoms.